The van der Waals surface area contributed by atoms with Crippen molar-refractivity contribution in [2.24, 2.45) is 11.8 Å². The van der Waals surface area contributed by atoms with Crippen LogP contribution in [-0.2, 0) is 9.53 Å². The van der Waals surface area contributed by atoms with E-state index in [2.05, 4.69) is 27.7 Å². The predicted molar refractivity (Wildman–Crippen MR) is 188 cm³/mol. The first kappa shape index (κ1) is 41.5. The van der Waals surface area contributed by atoms with E-state index in [0.29, 0.717) is 12.5 Å². The maximum atomic E-state index is 13.1. The molecule has 0 heterocycles. The standard InChI is InChI=1S/C40H80O2/c1-5-9-12-14-16-18-20-22-23-25-27-29-31-33-36-42-40(41)39(37-38(8-4)34-11-7-3)35-32-30-28-26-24-21-19-17-15-13-10-6-2/h38-39H,5-37H2,1-4H3. The number of rotatable bonds is 35. The maximum Gasteiger partial charge on any atom is 0.308 e. The minimum absolute atomic E-state index is 0.114. The van der Waals surface area contributed by atoms with Crippen LogP contribution in [0.25, 0.3) is 0 Å². The highest BCUT2D eigenvalue weighted by Crippen LogP contribution is 2.27. The highest BCUT2D eigenvalue weighted by atomic mass is 16.5. The van der Waals surface area contributed by atoms with E-state index in [-0.39, 0.29) is 11.9 Å². The van der Waals surface area contributed by atoms with E-state index in [4.69, 9.17) is 4.74 Å². The molecule has 0 aliphatic heterocycles. The molecule has 0 rings (SSSR count). The summed E-state index contributed by atoms with van der Waals surface area (Å²) in [5, 5.41) is 0. The molecule has 0 spiro atoms. The summed E-state index contributed by atoms with van der Waals surface area (Å²) in [6.07, 6.45) is 42.6. The molecular formula is C40H80O2. The van der Waals surface area contributed by atoms with Gasteiger partial charge in [0, 0.05) is 0 Å². The highest BCUT2D eigenvalue weighted by Gasteiger charge is 2.23. The van der Waals surface area contributed by atoms with Gasteiger partial charge in [0.1, 0.15) is 0 Å². The molecule has 0 aromatic rings. The van der Waals surface area contributed by atoms with E-state index in [1.807, 2.05) is 0 Å². The number of esters is 1. The lowest BCUT2D eigenvalue weighted by Crippen LogP contribution is -2.21. The normalized spacial score (nSPS) is 13.0. The maximum absolute atomic E-state index is 13.1. The predicted octanol–water partition coefficient (Wildman–Crippen LogP) is 14.3. The lowest BCUT2D eigenvalue weighted by molar-refractivity contribution is -0.149. The Hall–Kier alpha value is -0.530. The Bertz CT molecular complexity index is 516. The van der Waals surface area contributed by atoms with Crippen molar-refractivity contribution >= 4 is 5.97 Å². The summed E-state index contributed by atoms with van der Waals surface area (Å²) in [6.45, 7) is 9.81. The van der Waals surface area contributed by atoms with Crippen LogP contribution in [0.2, 0.25) is 0 Å². The summed E-state index contributed by atoms with van der Waals surface area (Å²) >= 11 is 0. The zero-order chi connectivity index (χ0) is 30.8. The van der Waals surface area contributed by atoms with E-state index >= 15 is 0 Å². The van der Waals surface area contributed by atoms with Crippen molar-refractivity contribution in [3.05, 3.63) is 0 Å². The van der Waals surface area contributed by atoms with Crippen molar-refractivity contribution in [3.8, 4) is 0 Å². The molecule has 0 saturated carbocycles. The molecule has 0 amide bonds. The van der Waals surface area contributed by atoms with Crippen LogP contribution >= 0.6 is 0 Å². The van der Waals surface area contributed by atoms with Gasteiger partial charge < -0.3 is 4.74 Å². The molecule has 252 valence electrons. The Morgan fingerprint density at radius 2 is 0.786 bits per heavy atom. The van der Waals surface area contributed by atoms with Gasteiger partial charge in [-0.25, -0.2) is 0 Å². The number of hydrogen-bond donors (Lipinski definition) is 0. The Morgan fingerprint density at radius 3 is 1.17 bits per heavy atom. The molecule has 0 aromatic heterocycles. The molecule has 2 nitrogen and oxygen atoms in total. The molecule has 2 heteroatoms. The number of ether oxygens (including phenoxy) is 1. The van der Waals surface area contributed by atoms with Gasteiger partial charge in [0.25, 0.3) is 0 Å². The second-order valence-corrected chi connectivity index (χ2v) is 13.8. The Labute approximate surface area is 266 Å². The minimum Gasteiger partial charge on any atom is -0.465 e. The summed E-state index contributed by atoms with van der Waals surface area (Å²) in [5.74, 6) is 0.921. The monoisotopic (exact) mass is 593 g/mol. The Kier molecular flexibility index (Phi) is 34.5. The van der Waals surface area contributed by atoms with E-state index in [1.165, 1.54) is 186 Å². The van der Waals surface area contributed by atoms with Crippen LogP contribution in [0.5, 0.6) is 0 Å². The highest BCUT2D eigenvalue weighted by molar-refractivity contribution is 5.72. The van der Waals surface area contributed by atoms with E-state index < -0.39 is 0 Å². The van der Waals surface area contributed by atoms with Crippen molar-refractivity contribution < 1.29 is 9.53 Å². The first-order valence-electron chi connectivity index (χ1n) is 19.9. The summed E-state index contributed by atoms with van der Waals surface area (Å²) < 4.78 is 5.88. The largest absolute Gasteiger partial charge is 0.465 e. The molecule has 0 bridgehead atoms. The first-order chi connectivity index (χ1) is 20.7. The molecule has 0 N–H and O–H groups in total. The lowest BCUT2D eigenvalue weighted by atomic mass is 9.86. The number of hydrogen-bond acceptors (Lipinski definition) is 2. The fourth-order valence-electron chi connectivity index (χ4n) is 6.53. The van der Waals surface area contributed by atoms with Crippen LogP contribution in [0.4, 0.5) is 0 Å². The van der Waals surface area contributed by atoms with Gasteiger partial charge in [0.15, 0.2) is 0 Å². The van der Waals surface area contributed by atoms with Gasteiger partial charge >= 0.3 is 5.97 Å². The third-order valence-electron chi connectivity index (χ3n) is 9.64. The van der Waals surface area contributed by atoms with Crippen LogP contribution in [0.1, 0.15) is 233 Å². The smallest absolute Gasteiger partial charge is 0.308 e. The minimum atomic E-state index is 0.114. The van der Waals surface area contributed by atoms with Crippen molar-refractivity contribution in [3.63, 3.8) is 0 Å². The van der Waals surface area contributed by atoms with E-state index in [0.717, 1.165) is 19.3 Å². The zero-order valence-electron chi connectivity index (χ0n) is 29.8. The second-order valence-electron chi connectivity index (χ2n) is 13.8. The third-order valence-corrected chi connectivity index (χ3v) is 9.64. The summed E-state index contributed by atoms with van der Waals surface area (Å²) in [7, 11) is 0. The molecule has 0 aliphatic carbocycles. The lowest BCUT2D eigenvalue weighted by Gasteiger charge is -2.22. The first-order valence-corrected chi connectivity index (χ1v) is 19.9. The number of carbonyl (C=O) groups is 1. The number of carbonyl (C=O) groups excluding carboxylic acids is 1. The quantitative estimate of drug-likeness (QED) is 0.0540. The zero-order valence-corrected chi connectivity index (χ0v) is 29.8. The second kappa shape index (κ2) is 35.0. The molecule has 42 heavy (non-hydrogen) atoms. The van der Waals surface area contributed by atoms with Crippen LogP contribution in [-0.4, -0.2) is 12.6 Å². The third kappa shape index (κ3) is 29.5. The molecule has 0 aliphatic rings. The van der Waals surface area contributed by atoms with Crippen LogP contribution in [0.15, 0.2) is 0 Å². The van der Waals surface area contributed by atoms with Crippen LogP contribution < -0.4 is 0 Å². The molecular weight excluding hydrogens is 512 g/mol. The Balaban J connectivity index is 4.01. The van der Waals surface area contributed by atoms with Gasteiger partial charge in [-0.1, -0.05) is 214 Å². The van der Waals surface area contributed by atoms with Crippen LogP contribution in [0.3, 0.4) is 0 Å². The van der Waals surface area contributed by atoms with Gasteiger partial charge in [0.2, 0.25) is 0 Å². The van der Waals surface area contributed by atoms with Crippen molar-refractivity contribution in [2.75, 3.05) is 6.61 Å². The molecule has 0 saturated heterocycles. The van der Waals surface area contributed by atoms with E-state index in [1.54, 1.807) is 0 Å². The average molecular weight is 593 g/mol. The summed E-state index contributed by atoms with van der Waals surface area (Å²) in [6, 6.07) is 0. The van der Waals surface area contributed by atoms with Gasteiger partial charge in [-0.3, -0.25) is 4.79 Å². The summed E-state index contributed by atoms with van der Waals surface area (Å²) in [5.41, 5.74) is 0. The average Bonchev–Trinajstić information content (AvgIpc) is 3.00. The van der Waals surface area contributed by atoms with Crippen LogP contribution in [0, 0.1) is 11.8 Å². The number of unbranched alkanes of at least 4 members (excludes halogenated alkanes) is 25. The fourth-order valence-corrected chi connectivity index (χ4v) is 6.53. The van der Waals surface area contributed by atoms with Crippen molar-refractivity contribution in [1.82, 2.24) is 0 Å². The SMILES string of the molecule is CCCCCCCCCCCCCCCCOC(=O)C(CCCCCCCCCCCCCC)CC(CC)CCCC. The van der Waals surface area contributed by atoms with Gasteiger partial charge in [-0.2, -0.15) is 0 Å². The van der Waals surface area contributed by atoms with Crippen molar-refractivity contribution in [1.29, 1.82) is 0 Å². The topological polar surface area (TPSA) is 26.3 Å². The molecule has 2 unspecified atom stereocenters. The molecule has 2 atom stereocenters. The Morgan fingerprint density at radius 1 is 0.429 bits per heavy atom. The summed E-state index contributed by atoms with van der Waals surface area (Å²) in [4.78, 5) is 13.1. The van der Waals surface area contributed by atoms with Crippen molar-refractivity contribution in [2.45, 2.75) is 233 Å². The van der Waals surface area contributed by atoms with Gasteiger partial charge in [-0.15, -0.1) is 0 Å². The molecule has 0 fully saturated rings. The molecule has 0 aromatic carbocycles. The van der Waals surface area contributed by atoms with Gasteiger partial charge in [-0.05, 0) is 25.2 Å². The van der Waals surface area contributed by atoms with Gasteiger partial charge in [0.05, 0.1) is 12.5 Å². The van der Waals surface area contributed by atoms with E-state index in [9.17, 15) is 4.79 Å². The molecule has 0 radical (unpaired) electrons. The fraction of sp³-hybridized carbons (Fsp3) is 0.975.